The molecule has 0 aliphatic heterocycles. The maximum atomic E-state index is 2.12. The summed E-state index contributed by atoms with van der Waals surface area (Å²) < 4.78 is 0. The summed E-state index contributed by atoms with van der Waals surface area (Å²) in [6.45, 7) is 4.25. The summed E-state index contributed by atoms with van der Waals surface area (Å²) >= 11 is 0. The minimum Gasteiger partial charge on any atom is -0.358 e. The molecule has 0 heterocycles. The van der Waals surface area contributed by atoms with Crippen molar-refractivity contribution in [2.45, 2.75) is 58.8 Å². The van der Waals surface area contributed by atoms with Crippen molar-refractivity contribution >= 4 is 8.41 Å². The van der Waals surface area contributed by atoms with Crippen LogP contribution in [-0.2, 0) is 65.4 Å². The van der Waals surface area contributed by atoms with Crippen LogP contribution in [0.2, 0.25) is 0 Å². The van der Waals surface area contributed by atoms with Crippen molar-refractivity contribution in [2.24, 2.45) is 0 Å². The summed E-state index contributed by atoms with van der Waals surface area (Å²) in [6, 6.07) is 0. The number of hydrogen-bond acceptors (Lipinski definition) is 0. The summed E-state index contributed by atoms with van der Waals surface area (Å²) in [4.78, 5) is 0. The third-order valence-electron chi connectivity index (χ3n) is 1.50. The Morgan fingerprint density at radius 2 is 0.714 bits per heavy atom. The van der Waals surface area contributed by atoms with Gasteiger partial charge < -0.3 is 14.9 Å². The van der Waals surface area contributed by atoms with Crippen molar-refractivity contribution in [1.82, 2.24) is 0 Å². The van der Waals surface area contributed by atoms with E-state index in [4.69, 9.17) is 0 Å². The largest absolute Gasteiger partial charge is 0.358 e. The van der Waals surface area contributed by atoms with E-state index in [1.54, 1.807) is 0 Å². The molecule has 1 rings (SSSR count). The molecule has 0 aromatic heterocycles. The van der Waals surface area contributed by atoms with Crippen molar-refractivity contribution in [2.75, 3.05) is 0 Å². The average molecular weight is 347 g/mol. The summed E-state index contributed by atoms with van der Waals surface area (Å²) in [5.74, 6) is 0. The second-order valence-corrected chi connectivity index (χ2v) is 2.83. The van der Waals surface area contributed by atoms with E-state index in [-0.39, 0.29) is 88.7 Å². The van der Waals surface area contributed by atoms with Gasteiger partial charge in [-0.1, -0.05) is 58.8 Å². The van der Waals surface area contributed by atoms with E-state index in [9.17, 15) is 0 Å². The van der Waals surface area contributed by atoms with Crippen molar-refractivity contribution in [3.63, 3.8) is 0 Å². The van der Waals surface area contributed by atoms with E-state index in [1.807, 2.05) is 0 Å². The van der Waals surface area contributed by atoms with Crippen molar-refractivity contribution < 1.29 is 65.4 Å². The molecule has 1 fully saturated rings. The van der Waals surface area contributed by atoms with Gasteiger partial charge in [-0.2, -0.15) is 0 Å². The molecule has 0 spiro atoms. The predicted molar refractivity (Wildman–Crippen MR) is 62.2 cm³/mol. The first-order valence-electron chi connectivity index (χ1n) is 4.41. The van der Waals surface area contributed by atoms with Gasteiger partial charge in [-0.25, -0.2) is 0 Å². The van der Waals surface area contributed by atoms with Crippen LogP contribution in [0, 0.1) is 14.9 Å². The Labute approximate surface area is 145 Å². The van der Waals surface area contributed by atoms with Crippen molar-refractivity contribution in [3.05, 3.63) is 14.9 Å². The van der Waals surface area contributed by atoms with Gasteiger partial charge >= 0.3 is 0 Å². The molecule has 14 heavy (non-hydrogen) atoms. The predicted octanol–water partition coefficient (Wildman–Crippen LogP) is 4.27. The van der Waals surface area contributed by atoms with Crippen LogP contribution in [0.15, 0.2) is 0 Å². The molecular weight excluding hydrogens is 321 g/mol. The van der Waals surface area contributed by atoms with E-state index in [0.29, 0.717) is 0 Å². The fourth-order valence-electron chi connectivity index (χ4n) is 1.06. The Hall–Kier alpha value is 2.27. The Bertz CT molecular complexity index is 37.0. The molecule has 0 aromatic rings. The normalized spacial score (nSPS) is 11.6. The third-order valence-corrected chi connectivity index (χ3v) is 1.50. The molecule has 1 aliphatic carbocycles. The van der Waals surface area contributed by atoms with Gasteiger partial charge in [0.05, 0.1) is 0 Å². The molecule has 0 nitrogen and oxygen atoms in total. The van der Waals surface area contributed by atoms with E-state index in [2.05, 4.69) is 13.8 Å². The van der Waals surface area contributed by atoms with Gasteiger partial charge in [0.25, 0.3) is 0 Å². The molecule has 0 unspecified atom stereocenters. The second-order valence-electron chi connectivity index (χ2n) is 2.83. The minimum atomic E-state index is 0. The van der Waals surface area contributed by atoms with Crippen LogP contribution in [0.4, 0.5) is 0 Å². The van der Waals surface area contributed by atoms with Crippen molar-refractivity contribution in [3.8, 4) is 0 Å². The van der Waals surface area contributed by atoms with Crippen LogP contribution in [0.3, 0.4) is 0 Å². The van der Waals surface area contributed by atoms with E-state index < -0.39 is 0 Å². The first-order valence-corrected chi connectivity index (χ1v) is 4.41. The van der Waals surface area contributed by atoms with Crippen LogP contribution in [0.25, 0.3) is 0 Å². The van der Waals surface area contributed by atoms with Crippen molar-refractivity contribution in [1.29, 1.82) is 0 Å². The molecule has 0 bridgehead atoms. The van der Waals surface area contributed by atoms with Gasteiger partial charge in [-0.3, -0.25) is 0 Å². The topological polar surface area (TPSA) is 0 Å². The van der Waals surface area contributed by atoms with Crippen LogP contribution in [0.1, 0.15) is 58.8 Å². The molecule has 0 aromatic carbocycles. The second kappa shape index (κ2) is 36.2. The Morgan fingerprint density at radius 3 is 0.786 bits per heavy atom. The van der Waals surface area contributed by atoms with Crippen LogP contribution < -0.4 is 0 Å². The van der Waals surface area contributed by atoms with Gasteiger partial charge in [-0.05, 0) is 0 Å². The number of rotatable bonds is 0. The van der Waals surface area contributed by atoms with E-state index in [0.717, 1.165) is 0 Å². The molecule has 0 amide bonds. The minimum absolute atomic E-state index is 0. The fourth-order valence-corrected chi connectivity index (χ4v) is 1.06. The average Bonchev–Trinajstić information content (AvgIpc) is 1.93. The van der Waals surface area contributed by atoms with E-state index >= 15 is 0 Å². The van der Waals surface area contributed by atoms with Crippen LogP contribution in [-0.4, -0.2) is 8.41 Å². The first-order chi connectivity index (χ1) is 4.41. The molecule has 1 saturated carbocycles. The summed E-state index contributed by atoms with van der Waals surface area (Å²) in [5.41, 5.74) is 0. The zero-order valence-corrected chi connectivity index (χ0v) is 16.4. The number of hydrogen-bond donors (Lipinski definition) is 0. The summed E-state index contributed by atoms with van der Waals surface area (Å²) in [6.07, 6.45) is 10.2. The Kier molecular flexibility index (Phi) is 93.0. The first kappa shape index (κ1) is 36.0. The molecule has 0 saturated heterocycles. The molecular formula is C11H26BY2-2. The molecule has 3 heteroatoms. The molecule has 0 atom stereocenters. The Balaban J connectivity index is -0.0000000186. The zero-order chi connectivity index (χ0) is 6.95. The molecule has 5 radical (unpaired) electrons. The molecule has 1 aliphatic rings. The Morgan fingerprint density at radius 1 is 0.643 bits per heavy atom. The molecule has 81 valence electrons. The quantitative estimate of drug-likeness (QED) is 0.454. The standard InChI is InChI=1S/C6H12.C3H8.2CH3.B.2Y/c1-2-4-6-5-3-1;1-3-2;;;;;/h1-6H2;3H2,1-2H3;2*1H3;;;/q;;2*-1;;;. The van der Waals surface area contributed by atoms with Crippen LogP contribution in [0.5, 0.6) is 0 Å². The van der Waals surface area contributed by atoms with Gasteiger partial charge in [0.15, 0.2) is 0 Å². The molecule has 0 N–H and O–H groups in total. The summed E-state index contributed by atoms with van der Waals surface area (Å²) in [7, 11) is 0. The van der Waals surface area contributed by atoms with E-state index in [1.165, 1.54) is 44.9 Å². The smallest absolute Gasteiger partial charge is 0 e. The van der Waals surface area contributed by atoms with Crippen LogP contribution >= 0.6 is 0 Å². The fraction of sp³-hybridized carbons (Fsp3) is 0.818. The third kappa shape index (κ3) is 36.7. The van der Waals surface area contributed by atoms with Gasteiger partial charge in [0.2, 0.25) is 0 Å². The monoisotopic (exact) mass is 347 g/mol. The van der Waals surface area contributed by atoms with Gasteiger partial charge in [-0.15, -0.1) is 0 Å². The van der Waals surface area contributed by atoms with Gasteiger partial charge in [0, 0.05) is 73.8 Å². The maximum Gasteiger partial charge on any atom is 0 e. The summed E-state index contributed by atoms with van der Waals surface area (Å²) in [5, 5.41) is 0. The van der Waals surface area contributed by atoms with Gasteiger partial charge in [0.1, 0.15) is 0 Å². The SMILES string of the molecule is C1CCCCC1.CCC.[B].[CH3-].[CH3-].[Y].[Y]. The zero-order valence-electron chi connectivity index (χ0n) is 10.7. The maximum absolute atomic E-state index is 2.12.